The molecular weight excluding hydrogens is 430 g/mol. The molecule has 1 aliphatic heterocycles. The van der Waals surface area contributed by atoms with Crippen LogP contribution in [0.3, 0.4) is 0 Å². The van der Waals surface area contributed by atoms with Crippen molar-refractivity contribution in [2.75, 3.05) is 13.1 Å². The minimum atomic E-state index is -0.598. The lowest BCUT2D eigenvalue weighted by Gasteiger charge is -2.33. The SMILES string of the molecule is Cc1ccc(COc2ccc(C(N)=O)c(C[C@@H](C(=O)NO)N3CCCCC3)c2)c2ccccc12. The largest absolute Gasteiger partial charge is 0.489 e. The first-order valence-corrected chi connectivity index (χ1v) is 11.7. The monoisotopic (exact) mass is 461 g/mol. The van der Waals surface area contributed by atoms with E-state index in [0.29, 0.717) is 23.5 Å². The van der Waals surface area contributed by atoms with Gasteiger partial charge in [-0.05, 0) is 84.9 Å². The van der Waals surface area contributed by atoms with Crippen LogP contribution >= 0.6 is 0 Å². The van der Waals surface area contributed by atoms with E-state index in [1.165, 1.54) is 10.9 Å². The zero-order valence-corrected chi connectivity index (χ0v) is 19.4. The van der Waals surface area contributed by atoms with E-state index in [1.807, 2.05) is 17.0 Å². The summed E-state index contributed by atoms with van der Waals surface area (Å²) in [4.78, 5) is 26.6. The van der Waals surface area contributed by atoms with Crippen LogP contribution in [0.1, 0.15) is 46.3 Å². The number of aryl methyl sites for hydroxylation is 1. The van der Waals surface area contributed by atoms with Crippen LogP contribution in [-0.4, -0.2) is 41.1 Å². The summed E-state index contributed by atoms with van der Waals surface area (Å²) in [6, 6.07) is 16.9. The molecule has 0 aromatic heterocycles. The molecule has 0 spiro atoms. The Hall–Kier alpha value is -3.42. The summed E-state index contributed by atoms with van der Waals surface area (Å²) in [6.45, 7) is 3.98. The van der Waals surface area contributed by atoms with Gasteiger partial charge in [-0.1, -0.05) is 42.8 Å². The number of primary amides is 1. The second-order valence-electron chi connectivity index (χ2n) is 8.85. The van der Waals surface area contributed by atoms with Crippen LogP contribution in [0.2, 0.25) is 0 Å². The average molecular weight is 462 g/mol. The van der Waals surface area contributed by atoms with Gasteiger partial charge in [-0.3, -0.25) is 19.7 Å². The molecule has 0 bridgehead atoms. The third-order valence-corrected chi connectivity index (χ3v) is 6.63. The highest BCUT2D eigenvalue weighted by Crippen LogP contribution is 2.26. The van der Waals surface area contributed by atoms with E-state index in [4.69, 9.17) is 10.5 Å². The van der Waals surface area contributed by atoms with Crippen molar-refractivity contribution in [3.8, 4) is 5.75 Å². The Morgan fingerprint density at radius 3 is 2.47 bits per heavy atom. The van der Waals surface area contributed by atoms with Crippen molar-refractivity contribution in [1.82, 2.24) is 10.4 Å². The van der Waals surface area contributed by atoms with Crippen molar-refractivity contribution in [2.45, 2.75) is 45.3 Å². The molecule has 1 fully saturated rings. The summed E-state index contributed by atoms with van der Waals surface area (Å²) in [5, 5.41) is 11.6. The van der Waals surface area contributed by atoms with E-state index in [1.54, 1.807) is 23.7 Å². The van der Waals surface area contributed by atoms with Gasteiger partial charge in [0.1, 0.15) is 12.4 Å². The topological polar surface area (TPSA) is 105 Å². The predicted molar refractivity (Wildman–Crippen MR) is 131 cm³/mol. The molecule has 4 rings (SSSR count). The molecule has 0 saturated carbocycles. The zero-order valence-electron chi connectivity index (χ0n) is 19.4. The molecule has 4 N–H and O–H groups in total. The molecular formula is C27H31N3O4. The lowest BCUT2D eigenvalue weighted by molar-refractivity contribution is -0.135. The van der Waals surface area contributed by atoms with Gasteiger partial charge in [0.05, 0.1) is 6.04 Å². The first-order valence-electron chi connectivity index (χ1n) is 11.7. The lowest BCUT2D eigenvalue weighted by Crippen LogP contribution is -2.49. The average Bonchev–Trinajstić information content (AvgIpc) is 2.87. The van der Waals surface area contributed by atoms with E-state index in [-0.39, 0.29) is 6.42 Å². The highest BCUT2D eigenvalue weighted by atomic mass is 16.5. The first kappa shape index (κ1) is 23.7. The highest BCUT2D eigenvalue weighted by Gasteiger charge is 2.28. The molecule has 1 atom stereocenters. The Labute approximate surface area is 199 Å². The van der Waals surface area contributed by atoms with Crippen LogP contribution in [0, 0.1) is 6.92 Å². The minimum Gasteiger partial charge on any atom is -0.489 e. The van der Waals surface area contributed by atoms with E-state index >= 15 is 0 Å². The minimum absolute atomic E-state index is 0.245. The van der Waals surface area contributed by atoms with E-state index in [9.17, 15) is 14.8 Å². The molecule has 1 aliphatic rings. The van der Waals surface area contributed by atoms with Crippen molar-refractivity contribution in [2.24, 2.45) is 5.73 Å². The number of fused-ring (bicyclic) bond motifs is 1. The van der Waals surface area contributed by atoms with Crippen molar-refractivity contribution < 1.29 is 19.5 Å². The maximum atomic E-state index is 12.5. The first-order chi connectivity index (χ1) is 16.5. The quantitative estimate of drug-likeness (QED) is 0.350. The predicted octanol–water partition coefficient (Wildman–Crippen LogP) is 3.73. The summed E-state index contributed by atoms with van der Waals surface area (Å²) in [7, 11) is 0. The number of carbonyl (C=O) groups excluding carboxylic acids is 2. The van der Waals surface area contributed by atoms with Gasteiger partial charge in [-0.2, -0.15) is 0 Å². The third-order valence-electron chi connectivity index (χ3n) is 6.63. The fourth-order valence-corrected chi connectivity index (χ4v) is 4.77. The van der Waals surface area contributed by atoms with Gasteiger partial charge < -0.3 is 10.5 Å². The zero-order chi connectivity index (χ0) is 24.1. The Balaban J connectivity index is 1.59. The molecule has 1 saturated heterocycles. The number of piperidine rings is 1. The van der Waals surface area contributed by atoms with Crippen LogP contribution in [-0.2, 0) is 17.8 Å². The van der Waals surface area contributed by atoms with Gasteiger partial charge in [-0.25, -0.2) is 5.48 Å². The number of hydrogen-bond donors (Lipinski definition) is 3. The summed E-state index contributed by atoms with van der Waals surface area (Å²) in [6.07, 6.45) is 3.35. The van der Waals surface area contributed by atoms with Crippen LogP contribution in [0.4, 0.5) is 0 Å². The fourth-order valence-electron chi connectivity index (χ4n) is 4.77. The molecule has 3 aromatic carbocycles. The standard InChI is InChI=1S/C27H31N3O4/c1-18-9-10-19(23-8-4-3-7-22(18)23)17-34-21-11-12-24(26(28)31)20(15-21)16-25(27(32)29-33)30-13-5-2-6-14-30/h3-4,7-12,15,25,33H,2,5-6,13-14,16-17H2,1H3,(H2,28,31)(H,29,32)/t25-/m0/s1. The molecule has 0 unspecified atom stereocenters. The normalized spacial score (nSPS) is 15.1. The fraction of sp³-hybridized carbons (Fsp3) is 0.333. The van der Waals surface area contributed by atoms with Crippen LogP contribution in [0.5, 0.6) is 5.75 Å². The molecule has 2 amide bonds. The lowest BCUT2D eigenvalue weighted by atomic mass is 9.96. The molecule has 178 valence electrons. The highest BCUT2D eigenvalue weighted by molar-refractivity contribution is 5.95. The van der Waals surface area contributed by atoms with E-state index in [2.05, 4.69) is 31.2 Å². The maximum Gasteiger partial charge on any atom is 0.261 e. The summed E-state index contributed by atoms with van der Waals surface area (Å²) in [5.74, 6) is -0.464. The smallest absolute Gasteiger partial charge is 0.261 e. The van der Waals surface area contributed by atoms with E-state index < -0.39 is 17.9 Å². The van der Waals surface area contributed by atoms with Crippen molar-refractivity contribution in [3.63, 3.8) is 0 Å². The van der Waals surface area contributed by atoms with Gasteiger partial charge in [0.2, 0.25) is 5.91 Å². The molecule has 0 radical (unpaired) electrons. The van der Waals surface area contributed by atoms with Gasteiger partial charge in [0.25, 0.3) is 5.91 Å². The third kappa shape index (κ3) is 5.21. The molecule has 0 aliphatic carbocycles. The Bertz CT molecular complexity index is 1190. The van der Waals surface area contributed by atoms with Gasteiger partial charge in [0.15, 0.2) is 0 Å². The van der Waals surface area contributed by atoms with Crippen molar-refractivity contribution in [3.05, 3.63) is 76.9 Å². The number of likely N-dealkylation sites (tertiary alicyclic amines) is 1. The number of hydrogen-bond acceptors (Lipinski definition) is 5. The number of ether oxygens (including phenoxy) is 1. The van der Waals surface area contributed by atoms with Crippen LogP contribution in [0.25, 0.3) is 10.8 Å². The molecule has 7 nitrogen and oxygen atoms in total. The number of nitrogens with two attached hydrogens (primary N) is 1. The number of nitrogens with zero attached hydrogens (tertiary/aromatic N) is 1. The summed E-state index contributed by atoms with van der Waals surface area (Å²) in [5.41, 5.74) is 10.7. The van der Waals surface area contributed by atoms with Gasteiger partial charge >= 0.3 is 0 Å². The van der Waals surface area contributed by atoms with Crippen molar-refractivity contribution >= 4 is 22.6 Å². The Morgan fingerprint density at radius 1 is 1.03 bits per heavy atom. The number of rotatable bonds is 8. The number of benzene rings is 3. The van der Waals surface area contributed by atoms with Crippen LogP contribution in [0.15, 0.2) is 54.6 Å². The Kier molecular flexibility index (Phi) is 7.45. The second kappa shape index (κ2) is 10.7. The number of hydroxylamine groups is 1. The summed E-state index contributed by atoms with van der Waals surface area (Å²) < 4.78 is 6.11. The van der Waals surface area contributed by atoms with Crippen LogP contribution < -0.4 is 16.0 Å². The number of carbonyl (C=O) groups is 2. The Morgan fingerprint density at radius 2 is 1.76 bits per heavy atom. The number of amides is 2. The molecule has 34 heavy (non-hydrogen) atoms. The summed E-state index contributed by atoms with van der Waals surface area (Å²) >= 11 is 0. The molecule has 7 heteroatoms. The van der Waals surface area contributed by atoms with E-state index in [0.717, 1.165) is 43.3 Å². The molecule has 1 heterocycles. The maximum absolute atomic E-state index is 12.5. The van der Waals surface area contributed by atoms with Crippen molar-refractivity contribution in [1.29, 1.82) is 0 Å². The second-order valence-corrected chi connectivity index (χ2v) is 8.85. The number of nitrogens with one attached hydrogen (secondary N) is 1. The van der Waals surface area contributed by atoms with Gasteiger partial charge in [0, 0.05) is 5.56 Å². The van der Waals surface area contributed by atoms with Gasteiger partial charge in [-0.15, -0.1) is 0 Å². The molecule has 3 aromatic rings.